The number of halogens is 1. The molecule has 2 aromatic heterocycles. The summed E-state index contributed by atoms with van der Waals surface area (Å²) in [6, 6.07) is 9.29. The van der Waals surface area contributed by atoms with Gasteiger partial charge in [-0.2, -0.15) is 5.10 Å². The highest BCUT2D eigenvalue weighted by atomic mass is 19.1. The molecule has 3 heterocycles. The lowest BCUT2D eigenvalue weighted by Gasteiger charge is -2.37. The number of benzene rings is 1. The summed E-state index contributed by atoms with van der Waals surface area (Å²) in [4.78, 5) is 12.9. The molecule has 0 bridgehead atoms. The van der Waals surface area contributed by atoms with Crippen molar-refractivity contribution in [2.75, 3.05) is 29.9 Å². The summed E-state index contributed by atoms with van der Waals surface area (Å²) in [6.07, 6.45) is 5.08. The number of anilines is 2. The molecular weight excluding hydrogens is 319 g/mol. The van der Waals surface area contributed by atoms with Gasteiger partial charge in [0, 0.05) is 37.8 Å². The van der Waals surface area contributed by atoms with Crippen molar-refractivity contribution in [1.29, 1.82) is 0 Å². The van der Waals surface area contributed by atoms with Gasteiger partial charge in [-0.15, -0.1) is 5.10 Å². The van der Waals surface area contributed by atoms with Crippen LogP contribution in [-0.4, -0.2) is 46.3 Å². The van der Waals surface area contributed by atoms with Gasteiger partial charge in [0.1, 0.15) is 23.5 Å². The Morgan fingerprint density at radius 1 is 1.12 bits per heavy atom. The third-order valence-electron chi connectivity index (χ3n) is 4.83. The van der Waals surface area contributed by atoms with Crippen LogP contribution < -0.4 is 9.80 Å². The molecule has 1 fully saturated rings. The summed E-state index contributed by atoms with van der Waals surface area (Å²) < 4.78 is 14.0. The molecule has 1 saturated heterocycles. The third-order valence-corrected chi connectivity index (χ3v) is 4.83. The Kier molecular flexibility index (Phi) is 4.13. The van der Waals surface area contributed by atoms with Gasteiger partial charge in [-0.25, -0.2) is 14.4 Å². The van der Waals surface area contributed by atoms with Crippen LogP contribution in [0, 0.1) is 5.82 Å². The van der Waals surface area contributed by atoms with Crippen LogP contribution in [0.25, 0.3) is 10.9 Å². The number of fused-ring (bicyclic) bond motifs is 1. The van der Waals surface area contributed by atoms with Crippen LogP contribution in [0.3, 0.4) is 0 Å². The number of hydrogen-bond acceptors (Lipinski definition) is 6. The summed E-state index contributed by atoms with van der Waals surface area (Å²) in [6.45, 7) is 1.72. The lowest BCUT2D eigenvalue weighted by atomic mass is 10.0. The summed E-state index contributed by atoms with van der Waals surface area (Å²) in [7, 11) is 2.06. The second-order valence-electron chi connectivity index (χ2n) is 6.24. The first kappa shape index (κ1) is 15.7. The fraction of sp³-hybridized carbons (Fsp3) is 0.333. The van der Waals surface area contributed by atoms with Crippen LogP contribution in [0.4, 0.5) is 16.0 Å². The minimum atomic E-state index is -0.307. The highest BCUT2D eigenvalue weighted by Crippen LogP contribution is 2.28. The molecular formula is C18H19FN6. The molecule has 3 aromatic rings. The van der Waals surface area contributed by atoms with Crippen molar-refractivity contribution in [3.05, 3.63) is 48.7 Å². The summed E-state index contributed by atoms with van der Waals surface area (Å²) in [5.41, 5.74) is 0.381. The number of piperidine rings is 1. The van der Waals surface area contributed by atoms with E-state index in [9.17, 15) is 4.39 Å². The standard InChI is InChI=1S/C18H19FN6/c1-24(16-6-3-9-22-23-16)13-7-10-25(11-8-13)18-14-4-2-5-15(19)17(14)20-12-21-18/h2-6,9,12-13H,7-8,10-11H2,1H3. The summed E-state index contributed by atoms with van der Waals surface area (Å²) in [5, 5.41) is 8.90. The van der Waals surface area contributed by atoms with Gasteiger partial charge in [0.05, 0.1) is 0 Å². The van der Waals surface area contributed by atoms with Gasteiger partial charge in [-0.3, -0.25) is 0 Å². The predicted octanol–water partition coefficient (Wildman–Crippen LogP) is 2.66. The zero-order chi connectivity index (χ0) is 17.2. The van der Waals surface area contributed by atoms with Crippen molar-refractivity contribution in [2.45, 2.75) is 18.9 Å². The van der Waals surface area contributed by atoms with Crippen LogP contribution in [0.2, 0.25) is 0 Å². The number of para-hydroxylation sites is 1. The van der Waals surface area contributed by atoms with E-state index in [4.69, 9.17) is 0 Å². The zero-order valence-electron chi connectivity index (χ0n) is 14.0. The van der Waals surface area contributed by atoms with E-state index in [0.717, 1.165) is 43.0 Å². The first-order valence-electron chi connectivity index (χ1n) is 8.39. The largest absolute Gasteiger partial charge is 0.356 e. The van der Waals surface area contributed by atoms with Crippen molar-refractivity contribution in [1.82, 2.24) is 20.2 Å². The summed E-state index contributed by atoms with van der Waals surface area (Å²) in [5.74, 6) is 1.39. The molecule has 0 unspecified atom stereocenters. The van der Waals surface area contributed by atoms with Crippen molar-refractivity contribution < 1.29 is 4.39 Å². The average molecular weight is 338 g/mol. The number of aromatic nitrogens is 4. The van der Waals surface area contributed by atoms with Crippen molar-refractivity contribution >= 4 is 22.5 Å². The van der Waals surface area contributed by atoms with E-state index < -0.39 is 0 Å². The maximum Gasteiger partial charge on any atom is 0.151 e. The van der Waals surface area contributed by atoms with Crippen LogP contribution in [0.1, 0.15) is 12.8 Å². The van der Waals surface area contributed by atoms with Gasteiger partial charge in [-0.1, -0.05) is 6.07 Å². The van der Waals surface area contributed by atoms with Crippen LogP contribution in [0.15, 0.2) is 42.9 Å². The topological polar surface area (TPSA) is 58.0 Å². The number of rotatable bonds is 3. The Morgan fingerprint density at radius 3 is 2.72 bits per heavy atom. The molecule has 1 aromatic carbocycles. The molecule has 0 N–H and O–H groups in total. The van der Waals surface area contributed by atoms with E-state index in [0.29, 0.717) is 11.6 Å². The molecule has 6 nitrogen and oxygen atoms in total. The highest BCUT2D eigenvalue weighted by Gasteiger charge is 2.25. The molecule has 4 rings (SSSR count). The van der Waals surface area contributed by atoms with E-state index in [1.807, 2.05) is 18.2 Å². The van der Waals surface area contributed by atoms with Crippen molar-refractivity contribution in [3.8, 4) is 0 Å². The maximum absolute atomic E-state index is 14.0. The molecule has 0 spiro atoms. The third kappa shape index (κ3) is 2.97. The highest BCUT2D eigenvalue weighted by molar-refractivity contribution is 5.89. The lowest BCUT2D eigenvalue weighted by Crippen LogP contribution is -2.44. The SMILES string of the molecule is CN(c1cccnn1)C1CCN(c2ncnc3c(F)cccc23)CC1. The smallest absolute Gasteiger partial charge is 0.151 e. The first-order chi connectivity index (χ1) is 12.2. The van der Waals surface area contributed by atoms with Gasteiger partial charge >= 0.3 is 0 Å². The molecule has 25 heavy (non-hydrogen) atoms. The van der Waals surface area contributed by atoms with E-state index in [-0.39, 0.29) is 5.82 Å². The molecule has 0 saturated carbocycles. The van der Waals surface area contributed by atoms with Gasteiger partial charge in [-0.05, 0) is 37.1 Å². The summed E-state index contributed by atoms with van der Waals surface area (Å²) >= 11 is 0. The molecule has 1 aliphatic rings. The molecule has 0 radical (unpaired) electrons. The fourth-order valence-electron chi connectivity index (χ4n) is 3.42. The Bertz CT molecular complexity index is 864. The minimum Gasteiger partial charge on any atom is -0.356 e. The number of hydrogen-bond donors (Lipinski definition) is 0. The molecule has 0 atom stereocenters. The maximum atomic E-state index is 14.0. The Hall–Kier alpha value is -2.83. The fourth-order valence-corrected chi connectivity index (χ4v) is 3.42. The Balaban J connectivity index is 1.52. The van der Waals surface area contributed by atoms with Crippen molar-refractivity contribution in [3.63, 3.8) is 0 Å². The van der Waals surface area contributed by atoms with E-state index >= 15 is 0 Å². The monoisotopic (exact) mass is 338 g/mol. The van der Waals surface area contributed by atoms with Crippen molar-refractivity contribution in [2.24, 2.45) is 0 Å². The molecule has 128 valence electrons. The second kappa shape index (κ2) is 6.58. The number of nitrogens with zero attached hydrogens (tertiary/aromatic N) is 6. The Morgan fingerprint density at radius 2 is 1.96 bits per heavy atom. The van der Waals surface area contributed by atoms with Gasteiger partial charge in [0.25, 0.3) is 0 Å². The minimum absolute atomic E-state index is 0.307. The first-order valence-corrected chi connectivity index (χ1v) is 8.39. The molecule has 0 aliphatic carbocycles. The van der Waals surface area contributed by atoms with Crippen LogP contribution >= 0.6 is 0 Å². The molecule has 0 amide bonds. The lowest BCUT2D eigenvalue weighted by molar-refractivity contribution is 0.477. The average Bonchev–Trinajstić information content (AvgIpc) is 2.68. The molecule has 7 heteroatoms. The quantitative estimate of drug-likeness (QED) is 0.732. The van der Waals surface area contributed by atoms with Gasteiger partial charge in [0.15, 0.2) is 5.82 Å². The van der Waals surface area contributed by atoms with E-state index in [1.165, 1.54) is 12.4 Å². The van der Waals surface area contributed by atoms with Crippen LogP contribution in [-0.2, 0) is 0 Å². The normalized spacial score (nSPS) is 15.5. The molecule has 1 aliphatic heterocycles. The van der Waals surface area contributed by atoms with E-state index in [1.54, 1.807) is 12.3 Å². The predicted molar refractivity (Wildman–Crippen MR) is 95.2 cm³/mol. The van der Waals surface area contributed by atoms with Gasteiger partial charge < -0.3 is 9.80 Å². The second-order valence-corrected chi connectivity index (χ2v) is 6.24. The van der Waals surface area contributed by atoms with Crippen LogP contribution in [0.5, 0.6) is 0 Å². The van der Waals surface area contributed by atoms with E-state index in [2.05, 4.69) is 37.0 Å². The van der Waals surface area contributed by atoms with Gasteiger partial charge in [0.2, 0.25) is 0 Å². The Labute approximate surface area is 145 Å². The zero-order valence-corrected chi connectivity index (χ0v) is 14.0.